The van der Waals surface area contributed by atoms with E-state index in [2.05, 4.69) is 0 Å². The molecule has 1 atom stereocenters. The smallest absolute Gasteiger partial charge is 0.342 e. The largest absolute Gasteiger partial charge is 0.496 e. The molecule has 0 amide bonds. The van der Waals surface area contributed by atoms with Gasteiger partial charge in [-0.1, -0.05) is 17.7 Å². The number of nitro groups is 1. The predicted molar refractivity (Wildman–Crippen MR) is 94.8 cm³/mol. The maximum absolute atomic E-state index is 12.6. The maximum atomic E-state index is 12.6. The molecule has 0 aliphatic rings. The van der Waals surface area contributed by atoms with Gasteiger partial charge < -0.3 is 9.47 Å². The second-order valence-electron chi connectivity index (χ2n) is 5.87. The van der Waals surface area contributed by atoms with Crippen LogP contribution in [0.5, 0.6) is 5.75 Å². The summed E-state index contributed by atoms with van der Waals surface area (Å²) >= 11 is 0. The molecular weight excluding hydrogens is 338 g/mol. The average Bonchev–Trinajstić information content (AvgIpc) is 2.62. The van der Waals surface area contributed by atoms with Gasteiger partial charge in [0.1, 0.15) is 11.3 Å². The molecule has 0 aromatic heterocycles. The van der Waals surface area contributed by atoms with E-state index in [9.17, 15) is 19.7 Å². The van der Waals surface area contributed by atoms with Crippen molar-refractivity contribution >= 4 is 17.4 Å². The van der Waals surface area contributed by atoms with Gasteiger partial charge >= 0.3 is 5.97 Å². The Morgan fingerprint density at radius 3 is 2.38 bits per heavy atom. The van der Waals surface area contributed by atoms with E-state index in [0.717, 1.165) is 17.2 Å². The number of carbonyl (C=O) groups excluding carboxylic acids is 2. The summed E-state index contributed by atoms with van der Waals surface area (Å²) < 4.78 is 10.3. The van der Waals surface area contributed by atoms with Crippen molar-refractivity contribution < 1.29 is 24.0 Å². The van der Waals surface area contributed by atoms with Gasteiger partial charge in [-0.2, -0.15) is 0 Å². The molecule has 0 aliphatic heterocycles. The van der Waals surface area contributed by atoms with E-state index < -0.39 is 17.0 Å². The number of non-ortho nitro benzene ring substituents is 1. The third-order valence-electron chi connectivity index (χ3n) is 3.93. The van der Waals surface area contributed by atoms with Crippen LogP contribution in [0.4, 0.5) is 5.69 Å². The van der Waals surface area contributed by atoms with E-state index >= 15 is 0 Å². The molecule has 26 heavy (non-hydrogen) atoms. The van der Waals surface area contributed by atoms with Crippen LogP contribution in [0.2, 0.25) is 0 Å². The quantitative estimate of drug-likeness (QED) is 0.339. The van der Waals surface area contributed by atoms with Gasteiger partial charge in [0.15, 0.2) is 6.10 Å². The molecule has 0 bridgehead atoms. The minimum absolute atomic E-state index is 0.109. The standard InChI is InChI=1S/C19H19NO6/c1-11-5-6-12(2)15(9-11)18(21)13(3)26-19(22)16-10-14(20(23)24)7-8-17(16)25-4/h5-10,13H,1-4H3/t13-/m0/s1. The molecule has 0 fully saturated rings. The fraction of sp³-hybridized carbons (Fsp3) is 0.263. The number of ether oxygens (including phenoxy) is 2. The Kier molecular flexibility index (Phi) is 5.71. The zero-order valence-corrected chi connectivity index (χ0v) is 14.9. The molecule has 0 aliphatic carbocycles. The van der Waals surface area contributed by atoms with E-state index in [1.807, 2.05) is 19.1 Å². The van der Waals surface area contributed by atoms with Crippen molar-refractivity contribution in [2.45, 2.75) is 26.9 Å². The van der Waals surface area contributed by atoms with Crippen molar-refractivity contribution in [3.8, 4) is 5.75 Å². The number of Topliss-reactive ketones (excluding diaryl/α,β-unsaturated/α-hetero) is 1. The number of rotatable bonds is 6. The van der Waals surface area contributed by atoms with E-state index in [4.69, 9.17) is 9.47 Å². The lowest BCUT2D eigenvalue weighted by Crippen LogP contribution is -2.25. The molecule has 7 nitrogen and oxygen atoms in total. The Morgan fingerprint density at radius 1 is 1.08 bits per heavy atom. The fourth-order valence-electron chi connectivity index (χ4n) is 2.47. The van der Waals surface area contributed by atoms with Crippen LogP contribution in [0.15, 0.2) is 36.4 Å². The summed E-state index contributed by atoms with van der Waals surface area (Å²) in [6, 6.07) is 9.04. The first-order valence-electron chi connectivity index (χ1n) is 7.89. The third-order valence-corrected chi connectivity index (χ3v) is 3.93. The summed E-state index contributed by atoms with van der Waals surface area (Å²) in [5.41, 5.74) is 1.78. The summed E-state index contributed by atoms with van der Waals surface area (Å²) in [6.07, 6.45) is -1.05. The number of ketones is 1. The lowest BCUT2D eigenvalue weighted by molar-refractivity contribution is -0.384. The minimum atomic E-state index is -1.05. The molecule has 0 radical (unpaired) electrons. The SMILES string of the molecule is COc1ccc([N+](=O)[O-])cc1C(=O)O[C@@H](C)C(=O)c1cc(C)ccc1C. The Labute approximate surface area is 150 Å². The number of benzene rings is 2. The highest BCUT2D eigenvalue weighted by molar-refractivity contribution is 6.03. The van der Waals surface area contributed by atoms with Crippen LogP contribution < -0.4 is 4.74 Å². The number of aryl methyl sites for hydroxylation is 2. The summed E-state index contributed by atoms with van der Waals surface area (Å²) in [5, 5.41) is 10.9. The molecule has 0 heterocycles. The van der Waals surface area contributed by atoms with E-state index in [1.54, 1.807) is 13.0 Å². The van der Waals surface area contributed by atoms with E-state index in [0.29, 0.717) is 5.56 Å². The molecule has 2 rings (SSSR count). The molecule has 2 aromatic rings. The van der Waals surface area contributed by atoms with Crippen molar-refractivity contribution in [2.75, 3.05) is 7.11 Å². The molecule has 7 heteroatoms. The minimum Gasteiger partial charge on any atom is -0.496 e. The number of hydrogen-bond donors (Lipinski definition) is 0. The highest BCUT2D eigenvalue weighted by Gasteiger charge is 2.25. The molecule has 2 aromatic carbocycles. The zero-order chi connectivity index (χ0) is 19.4. The monoisotopic (exact) mass is 357 g/mol. The lowest BCUT2D eigenvalue weighted by Gasteiger charge is -2.15. The maximum Gasteiger partial charge on any atom is 0.342 e. The highest BCUT2D eigenvalue weighted by Crippen LogP contribution is 2.25. The van der Waals surface area contributed by atoms with Gasteiger partial charge in [0.05, 0.1) is 12.0 Å². The zero-order valence-electron chi connectivity index (χ0n) is 14.9. The average molecular weight is 357 g/mol. The van der Waals surface area contributed by atoms with Crippen LogP contribution in [-0.4, -0.2) is 29.9 Å². The molecule has 0 unspecified atom stereocenters. The molecular formula is C19H19NO6. The van der Waals surface area contributed by atoms with Gasteiger partial charge in [0.25, 0.3) is 5.69 Å². The van der Waals surface area contributed by atoms with Gasteiger partial charge in [0, 0.05) is 17.7 Å². The summed E-state index contributed by atoms with van der Waals surface area (Å²) in [7, 11) is 1.34. The Morgan fingerprint density at radius 2 is 1.77 bits per heavy atom. The van der Waals surface area contributed by atoms with Crippen LogP contribution >= 0.6 is 0 Å². The number of nitro benzene ring substituents is 1. The molecule has 136 valence electrons. The van der Waals surface area contributed by atoms with Crippen molar-refractivity contribution in [3.63, 3.8) is 0 Å². The number of methoxy groups -OCH3 is 1. The Bertz CT molecular complexity index is 874. The first-order valence-corrected chi connectivity index (χ1v) is 7.89. The second kappa shape index (κ2) is 7.77. The van der Waals surface area contributed by atoms with Crippen LogP contribution in [-0.2, 0) is 4.74 Å². The van der Waals surface area contributed by atoms with Crippen LogP contribution in [0.3, 0.4) is 0 Å². The molecule has 0 spiro atoms. The van der Waals surface area contributed by atoms with Crippen molar-refractivity contribution in [3.05, 3.63) is 68.8 Å². The Hall–Kier alpha value is -3.22. The van der Waals surface area contributed by atoms with Crippen molar-refractivity contribution in [1.82, 2.24) is 0 Å². The van der Waals surface area contributed by atoms with Gasteiger partial charge in [-0.25, -0.2) is 4.79 Å². The number of esters is 1. The Balaban J connectivity index is 2.26. The topological polar surface area (TPSA) is 95.7 Å². The number of hydrogen-bond acceptors (Lipinski definition) is 6. The van der Waals surface area contributed by atoms with Gasteiger partial charge in [-0.3, -0.25) is 14.9 Å². The predicted octanol–water partition coefficient (Wildman–Crippen LogP) is 3.65. The fourth-order valence-corrected chi connectivity index (χ4v) is 2.47. The molecule has 0 saturated heterocycles. The van der Waals surface area contributed by atoms with Gasteiger partial charge in [-0.15, -0.1) is 0 Å². The summed E-state index contributed by atoms with van der Waals surface area (Å²) in [6.45, 7) is 5.12. The third kappa shape index (κ3) is 4.05. The van der Waals surface area contributed by atoms with Gasteiger partial charge in [-0.05, 0) is 38.5 Å². The highest BCUT2D eigenvalue weighted by atomic mass is 16.6. The number of carbonyl (C=O) groups is 2. The number of nitrogens with zero attached hydrogens (tertiary/aromatic N) is 1. The van der Waals surface area contributed by atoms with E-state index in [-0.39, 0.29) is 22.8 Å². The lowest BCUT2D eigenvalue weighted by atomic mass is 9.99. The second-order valence-corrected chi connectivity index (χ2v) is 5.87. The van der Waals surface area contributed by atoms with Crippen molar-refractivity contribution in [2.24, 2.45) is 0 Å². The van der Waals surface area contributed by atoms with Crippen LogP contribution in [0.1, 0.15) is 38.8 Å². The van der Waals surface area contributed by atoms with Crippen LogP contribution in [0, 0.1) is 24.0 Å². The first-order chi connectivity index (χ1) is 12.2. The van der Waals surface area contributed by atoms with Crippen LogP contribution in [0.25, 0.3) is 0 Å². The normalized spacial score (nSPS) is 11.5. The summed E-state index contributed by atoms with van der Waals surface area (Å²) in [5.74, 6) is -1.08. The summed E-state index contributed by atoms with van der Waals surface area (Å²) in [4.78, 5) is 35.3. The van der Waals surface area contributed by atoms with Gasteiger partial charge in [0.2, 0.25) is 5.78 Å². The molecule has 0 N–H and O–H groups in total. The van der Waals surface area contributed by atoms with Crippen molar-refractivity contribution in [1.29, 1.82) is 0 Å². The first kappa shape index (κ1) is 19.1. The van der Waals surface area contributed by atoms with E-state index in [1.165, 1.54) is 26.2 Å². The molecule has 0 saturated carbocycles.